The maximum Gasteiger partial charge on any atom is 0.125 e. The number of oxime groups is 1. The van der Waals surface area contributed by atoms with Gasteiger partial charge in [-0.3, -0.25) is 0 Å². The van der Waals surface area contributed by atoms with Gasteiger partial charge in [-0.25, -0.2) is 4.39 Å². The molecule has 17 heavy (non-hydrogen) atoms. The summed E-state index contributed by atoms with van der Waals surface area (Å²) < 4.78 is 13.1. The van der Waals surface area contributed by atoms with E-state index in [2.05, 4.69) is 5.16 Å². The van der Waals surface area contributed by atoms with Gasteiger partial charge in [-0.15, -0.1) is 0 Å². The molecule has 0 bridgehead atoms. The highest BCUT2D eigenvalue weighted by molar-refractivity contribution is 6.14. The second kappa shape index (κ2) is 4.65. The Bertz CT molecular complexity index is 553. The summed E-state index contributed by atoms with van der Waals surface area (Å²) in [6.45, 7) is 0. The van der Waals surface area contributed by atoms with Crippen molar-refractivity contribution in [2.75, 3.05) is 0 Å². The summed E-state index contributed by atoms with van der Waals surface area (Å²) in [6, 6.07) is 12.2. The number of rotatable bonds is 2. The molecule has 0 radical (unpaired) electrons. The monoisotopic (exact) mass is 231 g/mol. The Hall–Kier alpha value is -2.36. The zero-order valence-corrected chi connectivity index (χ0v) is 8.84. The molecule has 3 nitrogen and oxygen atoms in total. The molecule has 4 heteroatoms. The summed E-state index contributed by atoms with van der Waals surface area (Å²) in [6.07, 6.45) is 0. The van der Waals surface area contributed by atoms with Gasteiger partial charge in [0.1, 0.15) is 17.3 Å². The lowest BCUT2D eigenvalue weighted by molar-refractivity contribution is 0.319. The first-order valence-electron chi connectivity index (χ1n) is 4.98. The van der Waals surface area contributed by atoms with Crippen LogP contribution in [0.1, 0.15) is 11.1 Å². The Morgan fingerprint density at radius 2 is 1.76 bits per heavy atom. The molecule has 0 aromatic heterocycles. The van der Waals surface area contributed by atoms with Gasteiger partial charge in [0.25, 0.3) is 0 Å². The molecular formula is C13H10FNO2. The smallest absolute Gasteiger partial charge is 0.125 e. The average molecular weight is 231 g/mol. The third-order valence-corrected chi connectivity index (χ3v) is 2.36. The number of phenols is 1. The largest absolute Gasteiger partial charge is 0.507 e. The summed E-state index contributed by atoms with van der Waals surface area (Å²) in [5.41, 5.74) is 0.872. The highest BCUT2D eigenvalue weighted by atomic mass is 19.1. The van der Waals surface area contributed by atoms with Gasteiger partial charge in [0.05, 0.1) is 0 Å². The van der Waals surface area contributed by atoms with Crippen LogP contribution in [-0.2, 0) is 0 Å². The predicted molar refractivity (Wildman–Crippen MR) is 61.9 cm³/mol. The van der Waals surface area contributed by atoms with Crippen molar-refractivity contribution in [1.29, 1.82) is 0 Å². The standard InChI is InChI=1S/C13H10FNO2/c14-10-6-7-12(16)11(8-10)13(15-17)9-4-2-1-3-5-9/h1-8,16-17H/b15-13-. The van der Waals surface area contributed by atoms with Crippen molar-refractivity contribution in [2.45, 2.75) is 0 Å². The molecule has 0 spiro atoms. The van der Waals surface area contributed by atoms with Crippen LogP contribution in [0.4, 0.5) is 4.39 Å². The maximum absolute atomic E-state index is 13.1. The van der Waals surface area contributed by atoms with Crippen molar-refractivity contribution in [2.24, 2.45) is 5.16 Å². The van der Waals surface area contributed by atoms with Gasteiger partial charge in [-0.2, -0.15) is 0 Å². The van der Waals surface area contributed by atoms with E-state index in [0.717, 1.165) is 12.1 Å². The molecule has 0 fully saturated rings. The highest BCUT2D eigenvalue weighted by Crippen LogP contribution is 2.22. The molecule has 0 aliphatic heterocycles. The minimum atomic E-state index is -0.505. The Balaban J connectivity index is 2.54. The van der Waals surface area contributed by atoms with Gasteiger partial charge < -0.3 is 10.3 Å². The number of nitrogens with zero attached hydrogens (tertiary/aromatic N) is 1. The summed E-state index contributed by atoms with van der Waals surface area (Å²) in [5, 5.41) is 21.8. The molecular weight excluding hydrogens is 221 g/mol. The number of aromatic hydroxyl groups is 1. The van der Waals surface area contributed by atoms with Crippen molar-refractivity contribution >= 4 is 5.71 Å². The van der Waals surface area contributed by atoms with Crippen molar-refractivity contribution in [3.8, 4) is 5.75 Å². The normalized spacial score (nSPS) is 11.5. The van der Waals surface area contributed by atoms with E-state index < -0.39 is 5.82 Å². The molecule has 0 heterocycles. The lowest BCUT2D eigenvalue weighted by Crippen LogP contribution is -2.04. The SMILES string of the molecule is O/N=C(/c1ccccc1)c1cc(F)ccc1O. The third-order valence-electron chi connectivity index (χ3n) is 2.36. The minimum Gasteiger partial charge on any atom is -0.507 e. The van der Waals surface area contributed by atoms with Crippen LogP contribution >= 0.6 is 0 Å². The van der Waals surface area contributed by atoms with Crippen LogP contribution in [0, 0.1) is 5.82 Å². The number of benzene rings is 2. The number of hydrogen-bond acceptors (Lipinski definition) is 3. The van der Waals surface area contributed by atoms with Crippen molar-refractivity contribution in [3.05, 3.63) is 65.5 Å². The molecule has 0 aliphatic rings. The van der Waals surface area contributed by atoms with E-state index in [1.807, 2.05) is 6.07 Å². The molecule has 0 saturated heterocycles. The van der Waals surface area contributed by atoms with E-state index in [0.29, 0.717) is 5.56 Å². The van der Waals surface area contributed by atoms with Crippen LogP contribution in [0.2, 0.25) is 0 Å². The van der Waals surface area contributed by atoms with Crippen molar-refractivity contribution in [3.63, 3.8) is 0 Å². The van der Waals surface area contributed by atoms with E-state index in [1.165, 1.54) is 6.07 Å². The minimum absolute atomic E-state index is 0.127. The average Bonchev–Trinajstić information content (AvgIpc) is 2.36. The molecule has 86 valence electrons. The first-order valence-corrected chi connectivity index (χ1v) is 4.98. The molecule has 0 unspecified atom stereocenters. The molecule has 0 aliphatic carbocycles. The fraction of sp³-hybridized carbons (Fsp3) is 0. The van der Waals surface area contributed by atoms with Crippen LogP contribution in [0.15, 0.2) is 53.7 Å². The molecule has 2 aromatic rings. The van der Waals surface area contributed by atoms with Gasteiger partial charge in [-0.1, -0.05) is 35.5 Å². The number of halogens is 1. The second-order valence-corrected chi connectivity index (χ2v) is 3.48. The molecule has 0 amide bonds. The van der Waals surface area contributed by atoms with Gasteiger partial charge in [0.2, 0.25) is 0 Å². The Kier molecular flexibility index (Phi) is 3.05. The molecule has 2 aromatic carbocycles. The Labute approximate surface area is 97.5 Å². The fourth-order valence-corrected chi connectivity index (χ4v) is 1.56. The van der Waals surface area contributed by atoms with E-state index in [4.69, 9.17) is 5.21 Å². The first-order chi connectivity index (χ1) is 8.22. The molecule has 2 rings (SSSR count). The highest BCUT2D eigenvalue weighted by Gasteiger charge is 2.12. The summed E-state index contributed by atoms with van der Waals surface area (Å²) in [7, 11) is 0. The van der Waals surface area contributed by atoms with Crippen LogP contribution in [0.25, 0.3) is 0 Å². The topological polar surface area (TPSA) is 52.8 Å². The fourth-order valence-electron chi connectivity index (χ4n) is 1.56. The third kappa shape index (κ3) is 2.25. The van der Waals surface area contributed by atoms with Crippen LogP contribution in [0.5, 0.6) is 5.75 Å². The van der Waals surface area contributed by atoms with E-state index >= 15 is 0 Å². The van der Waals surface area contributed by atoms with Gasteiger partial charge in [-0.05, 0) is 18.2 Å². The number of hydrogen-bond donors (Lipinski definition) is 2. The van der Waals surface area contributed by atoms with Crippen LogP contribution in [0.3, 0.4) is 0 Å². The molecule has 0 atom stereocenters. The maximum atomic E-state index is 13.1. The van der Waals surface area contributed by atoms with Crippen LogP contribution < -0.4 is 0 Å². The molecule has 2 N–H and O–H groups in total. The lowest BCUT2D eigenvalue weighted by atomic mass is 10.0. The number of phenolic OH excluding ortho intramolecular Hbond substituents is 1. The summed E-state index contributed by atoms with van der Waals surface area (Å²) in [5.74, 6) is -0.641. The van der Waals surface area contributed by atoms with Crippen molar-refractivity contribution < 1.29 is 14.7 Å². The van der Waals surface area contributed by atoms with E-state index in [1.54, 1.807) is 24.3 Å². The predicted octanol–water partition coefficient (Wildman–Crippen LogP) is 2.76. The lowest BCUT2D eigenvalue weighted by Gasteiger charge is -2.07. The second-order valence-electron chi connectivity index (χ2n) is 3.48. The Morgan fingerprint density at radius 1 is 1.06 bits per heavy atom. The van der Waals surface area contributed by atoms with Gasteiger partial charge in [0, 0.05) is 11.1 Å². The zero-order chi connectivity index (χ0) is 12.3. The van der Waals surface area contributed by atoms with Gasteiger partial charge in [0.15, 0.2) is 0 Å². The van der Waals surface area contributed by atoms with Gasteiger partial charge >= 0.3 is 0 Å². The zero-order valence-electron chi connectivity index (χ0n) is 8.84. The summed E-state index contributed by atoms with van der Waals surface area (Å²) >= 11 is 0. The summed E-state index contributed by atoms with van der Waals surface area (Å²) in [4.78, 5) is 0. The van der Waals surface area contributed by atoms with E-state index in [9.17, 15) is 9.50 Å². The van der Waals surface area contributed by atoms with Crippen LogP contribution in [-0.4, -0.2) is 16.0 Å². The first kappa shape index (κ1) is 11.1. The molecule has 0 saturated carbocycles. The van der Waals surface area contributed by atoms with E-state index in [-0.39, 0.29) is 17.0 Å². The quantitative estimate of drug-likeness (QED) is 0.474. The van der Waals surface area contributed by atoms with Crippen molar-refractivity contribution in [1.82, 2.24) is 0 Å². The Morgan fingerprint density at radius 3 is 2.41 bits per heavy atom.